The normalized spacial score (nSPS) is 12.4. The van der Waals surface area contributed by atoms with Crippen molar-refractivity contribution < 1.29 is 9.53 Å². The zero-order valence-corrected chi connectivity index (χ0v) is 17.8. The van der Waals surface area contributed by atoms with Gasteiger partial charge in [-0.2, -0.15) is 0 Å². The Kier molecular flexibility index (Phi) is 4.11. The van der Waals surface area contributed by atoms with Crippen molar-refractivity contribution in [1.29, 1.82) is 0 Å². The molecule has 0 aliphatic carbocycles. The Labute approximate surface area is 183 Å². The molecule has 1 aliphatic rings. The molecule has 31 heavy (non-hydrogen) atoms. The van der Waals surface area contributed by atoms with Gasteiger partial charge in [0.2, 0.25) is 0 Å². The van der Waals surface area contributed by atoms with E-state index in [-0.39, 0.29) is 5.91 Å². The SMILES string of the molecule is CCn1c2ccccc2c2cc(NC(=O)c3cc4c(s3)-c3ccccc3OC4)ccc21. The molecule has 0 atom stereocenters. The van der Waals surface area contributed by atoms with Crippen molar-refractivity contribution in [3.05, 3.63) is 83.2 Å². The molecule has 0 bridgehead atoms. The van der Waals surface area contributed by atoms with Crippen LogP contribution in [-0.4, -0.2) is 10.5 Å². The predicted octanol–water partition coefficient (Wildman–Crippen LogP) is 6.69. The summed E-state index contributed by atoms with van der Waals surface area (Å²) < 4.78 is 8.14. The number of aryl methyl sites for hydroxylation is 1. The molecule has 4 nitrogen and oxygen atoms in total. The average Bonchev–Trinajstić information content (AvgIpc) is 3.38. The Hall–Kier alpha value is -3.57. The number of aromatic nitrogens is 1. The van der Waals surface area contributed by atoms with E-state index in [9.17, 15) is 4.79 Å². The lowest BCUT2D eigenvalue weighted by atomic mass is 10.1. The van der Waals surface area contributed by atoms with Crippen molar-refractivity contribution in [3.63, 3.8) is 0 Å². The number of nitrogens with zero attached hydrogens (tertiary/aromatic N) is 1. The Bertz CT molecular complexity index is 1480. The van der Waals surface area contributed by atoms with Crippen LogP contribution in [0, 0.1) is 0 Å². The van der Waals surface area contributed by atoms with Crippen LogP contribution in [0.3, 0.4) is 0 Å². The summed E-state index contributed by atoms with van der Waals surface area (Å²) in [6, 6.07) is 24.5. The molecule has 0 spiro atoms. The molecule has 1 amide bonds. The van der Waals surface area contributed by atoms with Gasteiger partial charge in [-0.25, -0.2) is 0 Å². The smallest absolute Gasteiger partial charge is 0.265 e. The number of hydrogen-bond donors (Lipinski definition) is 1. The van der Waals surface area contributed by atoms with Gasteiger partial charge in [-0.05, 0) is 49.4 Å². The van der Waals surface area contributed by atoms with E-state index in [0.717, 1.165) is 39.4 Å². The molecule has 1 N–H and O–H groups in total. The lowest BCUT2D eigenvalue weighted by Gasteiger charge is -2.16. The second-order valence-electron chi connectivity index (χ2n) is 7.70. The van der Waals surface area contributed by atoms with Crippen molar-refractivity contribution in [2.75, 3.05) is 5.32 Å². The summed E-state index contributed by atoms with van der Waals surface area (Å²) in [6.07, 6.45) is 0. The van der Waals surface area contributed by atoms with E-state index in [4.69, 9.17) is 4.74 Å². The molecular weight excluding hydrogens is 404 g/mol. The highest BCUT2D eigenvalue weighted by Crippen LogP contribution is 2.42. The third-order valence-electron chi connectivity index (χ3n) is 5.89. The third kappa shape index (κ3) is 2.85. The molecule has 0 saturated carbocycles. The summed E-state index contributed by atoms with van der Waals surface area (Å²) in [5.41, 5.74) is 5.33. The molecule has 152 valence electrons. The maximum atomic E-state index is 13.1. The van der Waals surface area contributed by atoms with Gasteiger partial charge in [0.15, 0.2) is 0 Å². The molecule has 0 radical (unpaired) electrons. The van der Waals surface area contributed by atoms with Crippen LogP contribution in [-0.2, 0) is 13.2 Å². The minimum atomic E-state index is -0.0875. The Morgan fingerprint density at radius 2 is 1.81 bits per heavy atom. The predicted molar refractivity (Wildman–Crippen MR) is 127 cm³/mol. The molecule has 5 aromatic rings. The fourth-order valence-electron chi connectivity index (χ4n) is 4.48. The first-order chi connectivity index (χ1) is 15.2. The van der Waals surface area contributed by atoms with Crippen LogP contribution in [0.4, 0.5) is 5.69 Å². The number of benzene rings is 3. The number of anilines is 1. The molecule has 0 fully saturated rings. The zero-order valence-electron chi connectivity index (χ0n) is 17.0. The maximum Gasteiger partial charge on any atom is 0.265 e. The number of carbonyl (C=O) groups is 1. The van der Waals surface area contributed by atoms with E-state index in [1.54, 1.807) is 0 Å². The van der Waals surface area contributed by atoms with Gasteiger partial charge in [-0.3, -0.25) is 4.79 Å². The van der Waals surface area contributed by atoms with Gasteiger partial charge in [-0.15, -0.1) is 11.3 Å². The molecule has 1 aliphatic heterocycles. The number of ether oxygens (including phenoxy) is 1. The molecular formula is C26H20N2O2S. The lowest BCUT2D eigenvalue weighted by molar-refractivity contribution is 0.103. The monoisotopic (exact) mass is 424 g/mol. The van der Waals surface area contributed by atoms with Crippen LogP contribution >= 0.6 is 11.3 Å². The standard InChI is InChI=1S/C26H20N2O2S/c1-2-28-21-9-5-3-7-18(21)20-14-17(11-12-22(20)28)27-26(29)24-13-16-15-30-23-10-6-4-8-19(23)25(16)31-24/h3-14H,2,15H2,1H3,(H,27,29). The third-order valence-corrected chi connectivity index (χ3v) is 7.10. The minimum absolute atomic E-state index is 0.0875. The molecule has 2 aromatic heterocycles. The van der Waals surface area contributed by atoms with Gasteiger partial charge in [0.25, 0.3) is 5.91 Å². The van der Waals surface area contributed by atoms with Gasteiger partial charge in [0.1, 0.15) is 12.4 Å². The summed E-state index contributed by atoms with van der Waals surface area (Å²) in [5.74, 6) is 0.789. The van der Waals surface area contributed by atoms with E-state index in [2.05, 4.69) is 53.2 Å². The summed E-state index contributed by atoms with van der Waals surface area (Å²) in [6.45, 7) is 3.56. The average molecular weight is 425 g/mol. The number of thiophene rings is 1. The first-order valence-electron chi connectivity index (χ1n) is 10.4. The second-order valence-corrected chi connectivity index (χ2v) is 8.75. The number of amides is 1. The van der Waals surface area contributed by atoms with Crippen molar-refractivity contribution in [2.24, 2.45) is 0 Å². The molecule has 3 heterocycles. The van der Waals surface area contributed by atoms with Crippen LogP contribution in [0.1, 0.15) is 22.2 Å². The maximum absolute atomic E-state index is 13.1. The lowest BCUT2D eigenvalue weighted by Crippen LogP contribution is -2.10. The van der Waals surface area contributed by atoms with E-state index in [1.165, 1.54) is 27.8 Å². The van der Waals surface area contributed by atoms with Crippen LogP contribution in [0.25, 0.3) is 32.2 Å². The van der Waals surface area contributed by atoms with Gasteiger partial charge in [0, 0.05) is 50.0 Å². The molecule has 0 saturated heterocycles. The van der Waals surface area contributed by atoms with E-state index in [0.29, 0.717) is 11.5 Å². The van der Waals surface area contributed by atoms with E-state index < -0.39 is 0 Å². The number of fused-ring (bicyclic) bond motifs is 6. The summed E-state index contributed by atoms with van der Waals surface area (Å²) in [4.78, 5) is 14.9. The number of nitrogens with one attached hydrogen (secondary N) is 1. The topological polar surface area (TPSA) is 43.3 Å². The first-order valence-corrected chi connectivity index (χ1v) is 11.2. The second kappa shape index (κ2) is 7.00. The highest BCUT2D eigenvalue weighted by atomic mass is 32.1. The quantitative estimate of drug-likeness (QED) is 0.351. The number of carbonyl (C=O) groups excluding carboxylic acids is 1. The highest BCUT2D eigenvalue weighted by Gasteiger charge is 2.22. The van der Waals surface area contributed by atoms with Crippen molar-refractivity contribution in [1.82, 2.24) is 4.57 Å². The highest BCUT2D eigenvalue weighted by molar-refractivity contribution is 7.17. The van der Waals surface area contributed by atoms with Crippen molar-refractivity contribution in [2.45, 2.75) is 20.1 Å². The molecule has 5 heteroatoms. The zero-order chi connectivity index (χ0) is 20.9. The van der Waals surface area contributed by atoms with Gasteiger partial charge in [0.05, 0.1) is 4.88 Å². The number of rotatable bonds is 3. The minimum Gasteiger partial charge on any atom is -0.488 e. The van der Waals surface area contributed by atoms with Crippen molar-refractivity contribution in [3.8, 4) is 16.2 Å². The van der Waals surface area contributed by atoms with Crippen LogP contribution < -0.4 is 10.1 Å². The Morgan fingerprint density at radius 3 is 2.71 bits per heavy atom. The van der Waals surface area contributed by atoms with E-state index in [1.807, 2.05) is 36.4 Å². The fraction of sp³-hybridized carbons (Fsp3) is 0.115. The summed E-state index contributed by atoms with van der Waals surface area (Å²) in [7, 11) is 0. The van der Waals surface area contributed by atoms with Gasteiger partial charge in [-0.1, -0.05) is 30.3 Å². The van der Waals surface area contributed by atoms with Crippen LogP contribution in [0.15, 0.2) is 72.8 Å². The number of hydrogen-bond acceptors (Lipinski definition) is 3. The summed E-state index contributed by atoms with van der Waals surface area (Å²) in [5, 5.41) is 5.46. The molecule has 6 rings (SSSR count). The molecule has 3 aromatic carbocycles. The van der Waals surface area contributed by atoms with Gasteiger partial charge < -0.3 is 14.6 Å². The summed E-state index contributed by atoms with van der Waals surface area (Å²) >= 11 is 1.52. The Balaban J connectivity index is 1.36. The largest absolute Gasteiger partial charge is 0.488 e. The van der Waals surface area contributed by atoms with E-state index >= 15 is 0 Å². The van der Waals surface area contributed by atoms with Crippen LogP contribution in [0.5, 0.6) is 5.75 Å². The fourth-order valence-corrected chi connectivity index (χ4v) is 5.57. The molecule has 0 unspecified atom stereocenters. The van der Waals surface area contributed by atoms with Gasteiger partial charge >= 0.3 is 0 Å². The Morgan fingerprint density at radius 1 is 1.00 bits per heavy atom. The first kappa shape index (κ1) is 18.2. The number of para-hydroxylation sites is 2. The van der Waals surface area contributed by atoms with Crippen LogP contribution in [0.2, 0.25) is 0 Å². The van der Waals surface area contributed by atoms with Crippen molar-refractivity contribution >= 4 is 44.7 Å².